The molecule has 9 nitrogen and oxygen atoms in total. The number of carbonyl (C=O) groups excluding carboxylic acids is 2. The third-order valence-electron chi connectivity index (χ3n) is 14.5. The van der Waals surface area contributed by atoms with Crippen molar-refractivity contribution < 1.29 is 28.9 Å². The Labute approximate surface area is 264 Å². The van der Waals surface area contributed by atoms with Gasteiger partial charge in [0.1, 0.15) is 12.2 Å². The van der Waals surface area contributed by atoms with Gasteiger partial charge in [-0.25, -0.2) is 9.59 Å². The molecule has 0 aromatic carbocycles. The summed E-state index contributed by atoms with van der Waals surface area (Å²) in [5, 5.41) is 18.5. The lowest BCUT2D eigenvalue weighted by Crippen LogP contribution is -2.62. The SMILES string of the molecule is CC1CC(C(OC(N)=O)C(C)C)OCC(O)C2(C)C3CCC4C(C)(C)C(OC(=O)NC5CNC5)CCC45CC35CCC2(C)C1. The maximum Gasteiger partial charge on any atom is 0.407 e. The number of nitrogens with two attached hydrogens (primary N) is 1. The summed E-state index contributed by atoms with van der Waals surface area (Å²) in [6, 6.07) is 0.174. The normalized spacial score (nSPS) is 47.1. The van der Waals surface area contributed by atoms with Gasteiger partial charge < -0.3 is 35.7 Å². The lowest BCUT2D eigenvalue weighted by Gasteiger charge is -2.65. The van der Waals surface area contributed by atoms with Crippen molar-refractivity contribution in [3.8, 4) is 0 Å². The first-order chi connectivity index (χ1) is 20.6. The standard InChI is InChI=1S/C35H59N3O6/c1-20(2)28(44-29(36)40)23-14-21(3)15-32(6)12-13-35-19-34(35)11-10-27(43-30(41)38-22-16-37-17-22)31(4,5)24(34)8-9-25(35)33(32,7)26(39)18-42-23/h20-28,37,39H,8-19H2,1-7H3,(H2,36,40)(H,38,41). The molecule has 11 unspecified atom stereocenters. The Morgan fingerprint density at radius 2 is 1.70 bits per heavy atom. The third-order valence-corrected chi connectivity index (χ3v) is 14.5. The van der Waals surface area contributed by atoms with E-state index < -0.39 is 18.3 Å². The van der Waals surface area contributed by atoms with Crippen LogP contribution in [0.15, 0.2) is 0 Å². The average Bonchev–Trinajstić information content (AvgIpc) is 3.58. The second-order valence-electron chi connectivity index (χ2n) is 17.3. The van der Waals surface area contributed by atoms with E-state index in [0.29, 0.717) is 17.8 Å². The highest BCUT2D eigenvalue weighted by Gasteiger charge is 2.82. The van der Waals surface area contributed by atoms with Crippen molar-refractivity contribution in [2.45, 2.75) is 137 Å². The van der Waals surface area contributed by atoms with Crippen LogP contribution in [-0.2, 0) is 14.2 Å². The minimum absolute atomic E-state index is 0.0290. The van der Waals surface area contributed by atoms with Crippen LogP contribution >= 0.6 is 0 Å². The van der Waals surface area contributed by atoms with Crippen molar-refractivity contribution in [3.63, 3.8) is 0 Å². The van der Waals surface area contributed by atoms with Gasteiger partial charge in [-0.3, -0.25) is 0 Å². The van der Waals surface area contributed by atoms with Gasteiger partial charge in [0.25, 0.3) is 0 Å². The molecule has 2 spiro atoms. The van der Waals surface area contributed by atoms with Crippen LogP contribution in [0.5, 0.6) is 0 Å². The largest absolute Gasteiger partial charge is 0.446 e. The van der Waals surface area contributed by atoms with Crippen molar-refractivity contribution in [2.24, 2.45) is 56.5 Å². The number of nitrogens with one attached hydrogen (secondary N) is 2. The highest BCUT2D eigenvalue weighted by Crippen LogP contribution is 2.88. The molecule has 0 bridgehead atoms. The number of alkyl carbamates (subject to hydrolysis) is 1. The second-order valence-corrected chi connectivity index (χ2v) is 17.3. The summed E-state index contributed by atoms with van der Waals surface area (Å²) in [6.45, 7) is 17.7. The Morgan fingerprint density at radius 1 is 1.02 bits per heavy atom. The van der Waals surface area contributed by atoms with Gasteiger partial charge in [-0.2, -0.15) is 0 Å². The molecule has 9 heteroatoms. The summed E-state index contributed by atoms with van der Waals surface area (Å²) in [4.78, 5) is 24.6. The van der Waals surface area contributed by atoms with Crippen LogP contribution in [0, 0.1) is 50.7 Å². The number of aliphatic hydroxyl groups is 1. The third kappa shape index (κ3) is 4.80. The molecular weight excluding hydrogens is 558 g/mol. The van der Waals surface area contributed by atoms with Crippen LogP contribution in [0.4, 0.5) is 9.59 Å². The summed E-state index contributed by atoms with van der Waals surface area (Å²) >= 11 is 0. The minimum Gasteiger partial charge on any atom is -0.446 e. The lowest BCUT2D eigenvalue weighted by atomic mass is 9.40. The number of carbonyl (C=O) groups is 2. The molecule has 2 saturated heterocycles. The first-order valence-electron chi connectivity index (χ1n) is 17.5. The topological polar surface area (TPSA) is 132 Å². The van der Waals surface area contributed by atoms with E-state index >= 15 is 0 Å². The smallest absolute Gasteiger partial charge is 0.407 e. The molecule has 0 radical (unpaired) electrons. The number of hydrogen-bond donors (Lipinski definition) is 4. The van der Waals surface area contributed by atoms with Gasteiger partial charge >= 0.3 is 12.2 Å². The zero-order valence-electron chi connectivity index (χ0n) is 28.2. The Bertz CT molecular complexity index is 1130. The van der Waals surface area contributed by atoms with E-state index in [2.05, 4.69) is 45.3 Å². The number of ether oxygens (including phenoxy) is 3. The van der Waals surface area contributed by atoms with Crippen molar-refractivity contribution in [3.05, 3.63) is 0 Å². The monoisotopic (exact) mass is 617 g/mol. The van der Waals surface area contributed by atoms with E-state index in [0.717, 1.165) is 58.0 Å². The van der Waals surface area contributed by atoms with Crippen LogP contribution in [0.1, 0.15) is 106 Å². The highest BCUT2D eigenvalue weighted by molar-refractivity contribution is 5.68. The number of aliphatic hydroxyl groups excluding tert-OH is 1. The van der Waals surface area contributed by atoms with Crippen LogP contribution in [0.2, 0.25) is 0 Å². The van der Waals surface area contributed by atoms with Gasteiger partial charge in [0.2, 0.25) is 0 Å². The summed E-state index contributed by atoms with van der Waals surface area (Å²) in [5.41, 5.74) is 5.52. The Morgan fingerprint density at radius 3 is 2.34 bits per heavy atom. The van der Waals surface area contributed by atoms with Gasteiger partial charge in [-0.1, -0.05) is 48.5 Å². The fraction of sp³-hybridized carbons (Fsp3) is 0.943. The Hall–Kier alpha value is -1.58. The Balaban J connectivity index is 1.24. The zero-order chi connectivity index (χ0) is 31.9. The molecule has 5 N–H and O–H groups in total. The molecule has 44 heavy (non-hydrogen) atoms. The molecule has 6 aliphatic rings. The summed E-state index contributed by atoms with van der Waals surface area (Å²) in [7, 11) is 0. The fourth-order valence-electron chi connectivity index (χ4n) is 12.1. The van der Waals surface area contributed by atoms with Crippen molar-refractivity contribution in [1.29, 1.82) is 0 Å². The molecule has 0 aromatic heterocycles. The van der Waals surface area contributed by atoms with E-state index in [4.69, 9.17) is 19.9 Å². The average molecular weight is 618 g/mol. The van der Waals surface area contributed by atoms with E-state index in [-0.39, 0.29) is 63.9 Å². The predicted octanol–water partition coefficient (Wildman–Crippen LogP) is 5.38. The molecule has 250 valence electrons. The van der Waals surface area contributed by atoms with Gasteiger partial charge in [0.05, 0.1) is 24.9 Å². The number of rotatable bonds is 5. The van der Waals surface area contributed by atoms with E-state index in [1.165, 1.54) is 12.8 Å². The maximum absolute atomic E-state index is 12.8. The van der Waals surface area contributed by atoms with Crippen molar-refractivity contribution >= 4 is 12.2 Å². The first-order valence-corrected chi connectivity index (χ1v) is 17.5. The number of fused-ring (bicyclic) bond motifs is 2. The zero-order valence-corrected chi connectivity index (χ0v) is 28.2. The number of hydrogen-bond acceptors (Lipinski definition) is 7. The molecular formula is C35H59N3O6. The molecule has 6 fully saturated rings. The van der Waals surface area contributed by atoms with Gasteiger partial charge in [-0.05, 0) is 97.7 Å². The van der Waals surface area contributed by atoms with Gasteiger partial charge in [0.15, 0.2) is 0 Å². The molecule has 11 atom stereocenters. The highest BCUT2D eigenvalue weighted by atomic mass is 16.6. The van der Waals surface area contributed by atoms with E-state index in [9.17, 15) is 14.7 Å². The van der Waals surface area contributed by atoms with Crippen molar-refractivity contribution in [1.82, 2.24) is 10.6 Å². The number of primary amides is 1. The van der Waals surface area contributed by atoms with Crippen LogP contribution in [0.3, 0.4) is 0 Å². The summed E-state index contributed by atoms with van der Waals surface area (Å²) in [5.74, 6) is 1.32. The molecule has 2 heterocycles. The molecule has 2 aliphatic heterocycles. The molecule has 4 aliphatic carbocycles. The van der Waals surface area contributed by atoms with E-state index in [1.54, 1.807) is 0 Å². The fourth-order valence-corrected chi connectivity index (χ4v) is 12.1. The Kier molecular flexibility index (Phi) is 8.09. The first kappa shape index (κ1) is 32.4. The maximum atomic E-state index is 12.8. The molecule has 4 saturated carbocycles. The van der Waals surface area contributed by atoms with Gasteiger partial charge in [0, 0.05) is 23.9 Å². The molecule has 2 amide bonds. The predicted molar refractivity (Wildman–Crippen MR) is 168 cm³/mol. The van der Waals surface area contributed by atoms with Crippen LogP contribution in [0.25, 0.3) is 0 Å². The molecule has 6 rings (SSSR count). The molecule has 0 aromatic rings. The van der Waals surface area contributed by atoms with Crippen LogP contribution in [-0.4, -0.2) is 67.4 Å². The quantitative estimate of drug-likeness (QED) is 0.326. The van der Waals surface area contributed by atoms with Gasteiger partial charge in [-0.15, -0.1) is 0 Å². The van der Waals surface area contributed by atoms with Crippen LogP contribution < -0.4 is 16.4 Å². The summed E-state index contributed by atoms with van der Waals surface area (Å²) in [6.07, 6.45) is 7.03. The minimum atomic E-state index is -0.773. The van der Waals surface area contributed by atoms with E-state index in [1.807, 2.05) is 13.8 Å². The number of amides is 2. The van der Waals surface area contributed by atoms with Crippen molar-refractivity contribution in [2.75, 3.05) is 19.7 Å². The summed E-state index contributed by atoms with van der Waals surface area (Å²) < 4.78 is 18.3. The second kappa shape index (κ2) is 11.0. The lowest BCUT2D eigenvalue weighted by molar-refractivity contribution is -0.209.